The Bertz CT molecular complexity index is 477. The normalized spacial score (nSPS) is 11.5. The van der Waals surface area contributed by atoms with Gasteiger partial charge in [0.05, 0.1) is 12.2 Å². The zero-order valence-corrected chi connectivity index (χ0v) is 11.5. The van der Waals surface area contributed by atoms with Gasteiger partial charge in [-0.2, -0.15) is 0 Å². The summed E-state index contributed by atoms with van der Waals surface area (Å²) in [5, 5.41) is 2.64. The standard InChI is InChI=1S/C15H19NO3/c1-4-19-15(18)14(11(2)16-12(3)17)10-13-8-6-5-7-9-13/h5-9H,4,10H2,1-3H3,(H,16,17)/b14-11-. The molecular weight excluding hydrogens is 242 g/mol. The third kappa shape index (κ3) is 4.95. The first-order chi connectivity index (χ1) is 9.04. The molecule has 0 heterocycles. The number of ether oxygens (including phenoxy) is 1. The molecule has 0 bridgehead atoms. The Morgan fingerprint density at radius 2 is 1.79 bits per heavy atom. The van der Waals surface area contributed by atoms with E-state index in [1.165, 1.54) is 6.92 Å². The van der Waals surface area contributed by atoms with E-state index in [0.717, 1.165) is 5.56 Å². The molecule has 1 aromatic rings. The average molecular weight is 261 g/mol. The Morgan fingerprint density at radius 1 is 1.16 bits per heavy atom. The van der Waals surface area contributed by atoms with Gasteiger partial charge in [0.1, 0.15) is 0 Å². The minimum atomic E-state index is -0.391. The Hall–Kier alpha value is -2.10. The number of carbonyl (C=O) groups is 2. The fourth-order valence-corrected chi connectivity index (χ4v) is 1.72. The van der Waals surface area contributed by atoms with Crippen LogP contribution >= 0.6 is 0 Å². The molecule has 0 radical (unpaired) electrons. The van der Waals surface area contributed by atoms with Crippen molar-refractivity contribution in [1.82, 2.24) is 5.32 Å². The Labute approximate surface area is 113 Å². The fourth-order valence-electron chi connectivity index (χ4n) is 1.72. The monoisotopic (exact) mass is 261 g/mol. The molecule has 0 saturated heterocycles. The number of esters is 1. The van der Waals surface area contributed by atoms with Crippen molar-refractivity contribution in [2.75, 3.05) is 6.61 Å². The molecule has 0 aliphatic rings. The predicted octanol–water partition coefficient (Wildman–Crippen LogP) is 2.20. The molecule has 1 aromatic carbocycles. The van der Waals surface area contributed by atoms with Gasteiger partial charge in [-0.1, -0.05) is 30.3 Å². The first-order valence-electron chi connectivity index (χ1n) is 6.23. The van der Waals surface area contributed by atoms with Crippen LogP contribution in [-0.4, -0.2) is 18.5 Å². The van der Waals surface area contributed by atoms with Crippen LogP contribution in [-0.2, 0) is 20.7 Å². The van der Waals surface area contributed by atoms with E-state index in [1.807, 2.05) is 30.3 Å². The molecule has 0 aliphatic carbocycles. The molecule has 0 spiro atoms. The van der Waals surface area contributed by atoms with Crippen molar-refractivity contribution >= 4 is 11.9 Å². The number of hydrogen-bond acceptors (Lipinski definition) is 3. The van der Waals surface area contributed by atoms with Gasteiger partial charge in [0, 0.05) is 19.0 Å². The zero-order chi connectivity index (χ0) is 14.3. The van der Waals surface area contributed by atoms with E-state index in [2.05, 4.69) is 5.32 Å². The number of carbonyl (C=O) groups excluding carboxylic acids is 2. The van der Waals surface area contributed by atoms with Crippen LogP contribution in [0.1, 0.15) is 26.3 Å². The second kappa shape index (κ2) is 7.36. The SMILES string of the molecule is CCOC(=O)/C(Cc1ccccc1)=C(/C)NC(C)=O. The maximum Gasteiger partial charge on any atom is 0.336 e. The Balaban J connectivity index is 2.99. The third-order valence-electron chi connectivity index (χ3n) is 2.56. The number of rotatable bonds is 5. The molecule has 4 nitrogen and oxygen atoms in total. The van der Waals surface area contributed by atoms with Crippen molar-refractivity contribution in [1.29, 1.82) is 0 Å². The van der Waals surface area contributed by atoms with Gasteiger partial charge in [-0.25, -0.2) is 4.79 Å². The summed E-state index contributed by atoms with van der Waals surface area (Å²) in [7, 11) is 0. The summed E-state index contributed by atoms with van der Waals surface area (Å²) < 4.78 is 5.03. The van der Waals surface area contributed by atoms with E-state index >= 15 is 0 Å². The second-order valence-electron chi connectivity index (χ2n) is 4.17. The van der Waals surface area contributed by atoms with Crippen LogP contribution in [0.3, 0.4) is 0 Å². The number of allylic oxidation sites excluding steroid dienone is 1. The molecule has 0 aromatic heterocycles. The highest BCUT2D eigenvalue weighted by atomic mass is 16.5. The molecule has 19 heavy (non-hydrogen) atoms. The fraction of sp³-hybridized carbons (Fsp3) is 0.333. The number of nitrogens with one attached hydrogen (secondary N) is 1. The van der Waals surface area contributed by atoms with Gasteiger partial charge < -0.3 is 10.1 Å². The highest BCUT2D eigenvalue weighted by Gasteiger charge is 2.15. The summed E-state index contributed by atoms with van der Waals surface area (Å²) in [6, 6.07) is 9.59. The van der Waals surface area contributed by atoms with Crippen molar-refractivity contribution < 1.29 is 14.3 Å². The maximum atomic E-state index is 11.9. The molecule has 1 N–H and O–H groups in total. The Morgan fingerprint density at radius 3 is 2.32 bits per heavy atom. The molecular formula is C15H19NO3. The van der Waals surface area contributed by atoms with Gasteiger partial charge in [-0.3, -0.25) is 4.79 Å². The first kappa shape index (κ1) is 15.0. The number of hydrogen-bond donors (Lipinski definition) is 1. The summed E-state index contributed by atoms with van der Waals surface area (Å²) in [4.78, 5) is 23.0. The van der Waals surface area contributed by atoms with E-state index in [-0.39, 0.29) is 5.91 Å². The van der Waals surface area contributed by atoms with Gasteiger partial charge >= 0.3 is 5.97 Å². The van der Waals surface area contributed by atoms with Crippen LogP contribution in [0.4, 0.5) is 0 Å². The summed E-state index contributed by atoms with van der Waals surface area (Å²) in [5.74, 6) is -0.593. The highest BCUT2D eigenvalue weighted by Crippen LogP contribution is 2.13. The van der Waals surface area contributed by atoms with Crippen LogP contribution in [0.25, 0.3) is 0 Å². The van der Waals surface area contributed by atoms with Gasteiger partial charge in [0.25, 0.3) is 0 Å². The van der Waals surface area contributed by atoms with Crippen LogP contribution in [0.5, 0.6) is 0 Å². The van der Waals surface area contributed by atoms with Crippen LogP contribution in [0, 0.1) is 0 Å². The van der Waals surface area contributed by atoms with Crippen molar-refractivity contribution in [2.45, 2.75) is 27.2 Å². The van der Waals surface area contributed by atoms with Gasteiger partial charge in [-0.05, 0) is 19.4 Å². The first-order valence-corrected chi connectivity index (χ1v) is 6.23. The highest BCUT2D eigenvalue weighted by molar-refractivity contribution is 5.90. The van der Waals surface area contributed by atoms with Crippen LogP contribution in [0.2, 0.25) is 0 Å². The number of amides is 1. The minimum Gasteiger partial charge on any atom is -0.463 e. The molecule has 102 valence electrons. The lowest BCUT2D eigenvalue weighted by molar-refractivity contribution is -0.138. The smallest absolute Gasteiger partial charge is 0.336 e. The van der Waals surface area contributed by atoms with E-state index in [1.54, 1.807) is 13.8 Å². The largest absolute Gasteiger partial charge is 0.463 e. The van der Waals surface area contributed by atoms with E-state index in [9.17, 15) is 9.59 Å². The van der Waals surface area contributed by atoms with Gasteiger partial charge in [0.2, 0.25) is 5.91 Å². The average Bonchev–Trinajstić information content (AvgIpc) is 2.36. The molecule has 0 saturated carbocycles. The van der Waals surface area contributed by atoms with Crippen LogP contribution < -0.4 is 5.32 Å². The predicted molar refractivity (Wildman–Crippen MR) is 73.3 cm³/mol. The van der Waals surface area contributed by atoms with Crippen LogP contribution in [0.15, 0.2) is 41.6 Å². The van der Waals surface area contributed by atoms with Gasteiger partial charge in [-0.15, -0.1) is 0 Å². The molecule has 1 rings (SSSR count). The van der Waals surface area contributed by atoms with Crippen molar-refractivity contribution in [3.63, 3.8) is 0 Å². The van der Waals surface area contributed by atoms with E-state index < -0.39 is 5.97 Å². The van der Waals surface area contributed by atoms with Gasteiger partial charge in [0.15, 0.2) is 0 Å². The summed E-state index contributed by atoms with van der Waals surface area (Å²) >= 11 is 0. The number of benzene rings is 1. The quantitative estimate of drug-likeness (QED) is 0.653. The lowest BCUT2D eigenvalue weighted by atomic mass is 10.0. The molecule has 0 atom stereocenters. The van der Waals surface area contributed by atoms with Crippen molar-refractivity contribution in [3.8, 4) is 0 Å². The lowest BCUT2D eigenvalue weighted by Crippen LogP contribution is -2.23. The molecule has 0 aliphatic heterocycles. The second-order valence-corrected chi connectivity index (χ2v) is 4.17. The third-order valence-corrected chi connectivity index (χ3v) is 2.56. The summed E-state index contributed by atoms with van der Waals surface area (Å²) in [6.07, 6.45) is 0.436. The summed E-state index contributed by atoms with van der Waals surface area (Å²) in [5.41, 5.74) is 2.01. The zero-order valence-electron chi connectivity index (χ0n) is 11.5. The Kier molecular flexibility index (Phi) is 5.79. The topological polar surface area (TPSA) is 55.4 Å². The van der Waals surface area contributed by atoms with Crippen molar-refractivity contribution in [2.24, 2.45) is 0 Å². The minimum absolute atomic E-state index is 0.202. The lowest BCUT2D eigenvalue weighted by Gasteiger charge is -2.12. The summed E-state index contributed by atoms with van der Waals surface area (Å²) in [6.45, 7) is 5.18. The molecule has 0 unspecified atom stereocenters. The molecule has 1 amide bonds. The molecule has 4 heteroatoms. The van der Waals surface area contributed by atoms with E-state index in [0.29, 0.717) is 24.3 Å². The van der Waals surface area contributed by atoms with Crippen molar-refractivity contribution in [3.05, 3.63) is 47.2 Å². The maximum absolute atomic E-state index is 11.9. The molecule has 0 fully saturated rings. The van der Waals surface area contributed by atoms with E-state index in [4.69, 9.17) is 4.74 Å².